The van der Waals surface area contributed by atoms with E-state index in [-0.39, 0.29) is 0 Å². The zero-order valence-electron chi connectivity index (χ0n) is 9.88. The van der Waals surface area contributed by atoms with Crippen LogP contribution in [0.2, 0.25) is 0 Å². The van der Waals surface area contributed by atoms with Gasteiger partial charge in [-0.3, -0.25) is 0 Å². The lowest BCUT2D eigenvalue weighted by atomic mass is 10.2. The first-order chi connectivity index (χ1) is 8.61. The summed E-state index contributed by atoms with van der Waals surface area (Å²) in [5.74, 6) is 0. The van der Waals surface area contributed by atoms with Crippen LogP contribution in [0.15, 0.2) is 42.5 Å². The monoisotopic (exact) mass is 282 g/mol. The molecule has 0 aliphatic carbocycles. The van der Waals surface area contributed by atoms with Crippen molar-refractivity contribution in [3.63, 3.8) is 0 Å². The van der Waals surface area contributed by atoms with E-state index in [9.17, 15) is 8.42 Å². The highest BCUT2D eigenvalue weighted by Gasteiger charge is 2.07. The summed E-state index contributed by atoms with van der Waals surface area (Å²) in [7, 11) is -1.99. The van der Waals surface area contributed by atoms with Crippen molar-refractivity contribution in [2.45, 2.75) is 6.54 Å². The molecule has 96 valence electrons. The van der Waals surface area contributed by atoms with Crippen molar-refractivity contribution in [1.29, 1.82) is 0 Å². The number of hydrogen-bond donors (Lipinski definition) is 2. The van der Waals surface area contributed by atoms with E-state index in [1.807, 2.05) is 42.5 Å². The molecule has 4 nitrogen and oxygen atoms in total. The highest BCUT2D eigenvalue weighted by atomic mass is 32.2. The summed E-state index contributed by atoms with van der Waals surface area (Å²) in [6, 6.07) is 13.9. The van der Waals surface area contributed by atoms with Crippen molar-refractivity contribution in [2.24, 2.45) is 0 Å². The third-order valence-electron chi connectivity index (χ3n) is 2.43. The van der Waals surface area contributed by atoms with Gasteiger partial charge in [-0.1, -0.05) is 30.3 Å². The molecule has 0 aliphatic rings. The lowest BCUT2D eigenvalue weighted by molar-refractivity contribution is 0.573. The van der Waals surface area contributed by atoms with Gasteiger partial charge in [-0.05, 0) is 17.7 Å². The highest BCUT2D eigenvalue weighted by molar-refractivity contribution is 7.87. The van der Waals surface area contributed by atoms with Gasteiger partial charge in [-0.2, -0.15) is 13.1 Å². The van der Waals surface area contributed by atoms with Crippen LogP contribution in [0.4, 0.5) is 0 Å². The molecular formula is C12H14N2O2S2. The van der Waals surface area contributed by atoms with Crippen molar-refractivity contribution in [3.8, 4) is 10.4 Å². The summed E-state index contributed by atoms with van der Waals surface area (Å²) >= 11 is 1.58. The van der Waals surface area contributed by atoms with E-state index in [2.05, 4.69) is 9.44 Å². The second kappa shape index (κ2) is 5.62. The molecule has 0 amide bonds. The maximum absolute atomic E-state index is 11.2. The van der Waals surface area contributed by atoms with E-state index >= 15 is 0 Å². The van der Waals surface area contributed by atoms with Crippen LogP contribution in [0.3, 0.4) is 0 Å². The standard InChI is InChI=1S/C12H14N2O2S2/c1-13-18(15,16)14-9-11-7-8-12(17-11)10-5-3-2-4-6-10/h2-8,13-14H,9H2,1H3. The third kappa shape index (κ3) is 3.39. The number of thiophene rings is 1. The number of hydrogen-bond acceptors (Lipinski definition) is 3. The molecule has 0 saturated heterocycles. The van der Waals surface area contributed by atoms with Gasteiger partial charge in [-0.15, -0.1) is 11.3 Å². The minimum atomic E-state index is -3.37. The van der Waals surface area contributed by atoms with Gasteiger partial charge in [0.15, 0.2) is 0 Å². The van der Waals surface area contributed by atoms with Crippen molar-refractivity contribution in [3.05, 3.63) is 47.3 Å². The van der Waals surface area contributed by atoms with Gasteiger partial charge in [0.05, 0.1) is 0 Å². The lowest BCUT2D eigenvalue weighted by Gasteiger charge is -2.02. The van der Waals surface area contributed by atoms with Crippen LogP contribution in [-0.4, -0.2) is 15.5 Å². The summed E-state index contributed by atoms with van der Waals surface area (Å²) in [5, 5.41) is 0. The van der Waals surface area contributed by atoms with Gasteiger partial charge in [0.2, 0.25) is 0 Å². The van der Waals surface area contributed by atoms with Gasteiger partial charge in [0.1, 0.15) is 0 Å². The van der Waals surface area contributed by atoms with Crippen LogP contribution < -0.4 is 9.44 Å². The third-order valence-corrected chi connectivity index (χ3v) is 4.62. The van der Waals surface area contributed by atoms with E-state index in [0.29, 0.717) is 6.54 Å². The van der Waals surface area contributed by atoms with Crippen LogP contribution in [-0.2, 0) is 16.8 Å². The van der Waals surface area contributed by atoms with Crippen LogP contribution in [0.5, 0.6) is 0 Å². The molecule has 0 saturated carbocycles. The fraction of sp³-hybridized carbons (Fsp3) is 0.167. The average molecular weight is 282 g/mol. The van der Waals surface area contributed by atoms with Crippen molar-refractivity contribution >= 4 is 21.5 Å². The molecule has 0 bridgehead atoms. The highest BCUT2D eigenvalue weighted by Crippen LogP contribution is 2.27. The molecule has 18 heavy (non-hydrogen) atoms. The summed E-state index contributed by atoms with van der Waals surface area (Å²) in [5.41, 5.74) is 1.14. The topological polar surface area (TPSA) is 58.2 Å². The van der Waals surface area contributed by atoms with Crippen LogP contribution in [0.1, 0.15) is 4.88 Å². The number of nitrogens with one attached hydrogen (secondary N) is 2. The maximum atomic E-state index is 11.2. The summed E-state index contributed by atoms with van der Waals surface area (Å²) in [6.07, 6.45) is 0. The van der Waals surface area contributed by atoms with Gasteiger partial charge in [0, 0.05) is 23.3 Å². The second-order valence-electron chi connectivity index (χ2n) is 3.66. The zero-order chi connectivity index (χ0) is 13.0. The molecule has 1 heterocycles. The Morgan fingerprint density at radius 2 is 1.83 bits per heavy atom. The first-order valence-corrected chi connectivity index (χ1v) is 7.73. The number of rotatable bonds is 5. The zero-order valence-corrected chi connectivity index (χ0v) is 11.5. The van der Waals surface area contributed by atoms with E-state index in [1.165, 1.54) is 7.05 Å². The Balaban J connectivity index is 2.08. The van der Waals surface area contributed by atoms with E-state index in [4.69, 9.17) is 0 Å². The molecule has 6 heteroatoms. The minimum Gasteiger partial charge on any atom is -0.205 e. The minimum absolute atomic E-state index is 0.306. The Hall–Kier alpha value is -1.21. The molecule has 0 radical (unpaired) electrons. The molecule has 0 unspecified atom stereocenters. The summed E-state index contributed by atoms with van der Waals surface area (Å²) in [6.45, 7) is 0.306. The van der Waals surface area contributed by atoms with Gasteiger partial charge in [0.25, 0.3) is 10.2 Å². The quantitative estimate of drug-likeness (QED) is 0.881. The van der Waals surface area contributed by atoms with Gasteiger partial charge < -0.3 is 0 Å². The molecule has 0 atom stereocenters. The molecular weight excluding hydrogens is 268 g/mol. The number of benzene rings is 1. The first-order valence-electron chi connectivity index (χ1n) is 5.43. The average Bonchev–Trinajstić information content (AvgIpc) is 2.86. The fourth-order valence-electron chi connectivity index (χ4n) is 1.47. The SMILES string of the molecule is CNS(=O)(=O)NCc1ccc(-c2ccccc2)s1. The summed E-state index contributed by atoms with van der Waals surface area (Å²) in [4.78, 5) is 2.11. The Kier molecular flexibility index (Phi) is 4.13. The smallest absolute Gasteiger partial charge is 0.205 e. The first kappa shape index (κ1) is 13.2. The van der Waals surface area contributed by atoms with E-state index < -0.39 is 10.2 Å². The molecule has 1 aromatic carbocycles. The molecule has 2 rings (SSSR count). The second-order valence-corrected chi connectivity index (χ2v) is 6.53. The van der Waals surface area contributed by atoms with Crippen molar-refractivity contribution < 1.29 is 8.42 Å². The Morgan fingerprint density at radius 1 is 1.11 bits per heavy atom. The van der Waals surface area contributed by atoms with Gasteiger partial charge in [-0.25, -0.2) is 4.72 Å². The molecule has 1 aromatic heterocycles. The lowest BCUT2D eigenvalue weighted by Crippen LogP contribution is -2.33. The molecule has 2 N–H and O–H groups in total. The Labute approximate surface area is 111 Å². The largest absolute Gasteiger partial charge is 0.276 e. The molecule has 0 fully saturated rings. The summed E-state index contributed by atoms with van der Waals surface area (Å²) < 4.78 is 27.1. The van der Waals surface area contributed by atoms with Crippen LogP contribution in [0.25, 0.3) is 10.4 Å². The fourth-order valence-corrected chi connectivity index (χ4v) is 3.00. The van der Waals surface area contributed by atoms with E-state index in [0.717, 1.165) is 15.3 Å². The van der Waals surface area contributed by atoms with Gasteiger partial charge >= 0.3 is 0 Å². The molecule has 0 spiro atoms. The molecule has 2 aromatic rings. The Bertz CT molecular complexity index is 606. The molecule has 0 aliphatic heterocycles. The van der Waals surface area contributed by atoms with Crippen molar-refractivity contribution in [1.82, 2.24) is 9.44 Å². The normalized spacial score (nSPS) is 11.6. The van der Waals surface area contributed by atoms with Crippen molar-refractivity contribution in [2.75, 3.05) is 7.05 Å². The van der Waals surface area contributed by atoms with Crippen LogP contribution >= 0.6 is 11.3 Å². The predicted molar refractivity (Wildman–Crippen MR) is 74.6 cm³/mol. The Morgan fingerprint density at radius 3 is 2.50 bits per heavy atom. The predicted octanol–water partition coefficient (Wildman–Crippen LogP) is 1.97. The maximum Gasteiger partial charge on any atom is 0.276 e. The van der Waals surface area contributed by atoms with Crippen LogP contribution in [0, 0.1) is 0 Å². The van der Waals surface area contributed by atoms with E-state index in [1.54, 1.807) is 11.3 Å².